The van der Waals surface area contributed by atoms with Crippen LogP contribution in [0, 0.1) is 23.7 Å². The molecule has 2 nitrogen and oxygen atoms in total. The number of nitrogens with one attached hydrogen (secondary N) is 1. The number of aryl methyl sites for hydroxylation is 1. The normalized spacial score (nSPS) is 26.3. The van der Waals surface area contributed by atoms with Gasteiger partial charge in [-0.05, 0) is 31.2 Å². The second-order valence-electron chi connectivity index (χ2n) is 5.69. The zero-order valence-corrected chi connectivity index (χ0v) is 12.1. The van der Waals surface area contributed by atoms with Crippen LogP contribution < -0.4 is 5.32 Å². The number of nitriles is 1. The molecule has 1 aromatic rings. The zero-order valence-electron chi connectivity index (χ0n) is 11.3. The van der Waals surface area contributed by atoms with Crippen molar-refractivity contribution in [2.24, 2.45) is 5.41 Å². The summed E-state index contributed by atoms with van der Waals surface area (Å²) in [4.78, 5) is 0. The lowest BCUT2D eigenvalue weighted by atomic mass is 9.71. The van der Waals surface area contributed by atoms with E-state index in [1.807, 2.05) is 11.8 Å². The fraction of sp³-hybridized carbons (Fsp3) is 0.533. The smallest absolute Gasteiger partial charge is 0.139 e. The van der Waals surface area contributed by atoms with Gasteiger partial charge in [-0.15, -0.1) is 0 Å². The van der Waals surface area contributed by atoms with Crippen molar-refractivity contribution in [3.8, 4) is 6.07 Å². The SMILES string of the molecule is Cc1ccc(NC2(C#N)CSCCC2(C)C)cc1. The predicted octanol–water partition coefficient (Wildman–Crippen LogP) is 3.83. The molecule has 0 saturated carbocycles. The lowest BCUT2D eigenvalue weighted by Gasteiger charge is -2.46. The van der Waals surface area contributed by atoms with Crippen LogP contribution in [-0.2, 0) is 0 Å². The van der Waals surface area contributed by atoms with Crippen molar-refractivity contribution in [2.45, 2.75) is 32.7 Å². The second-order valence-corrected chi connectivity index (χ2v) is 6.80. The standard InChI is InChI=1S/C15H20N2S/c1-12-4-6-13(7-5-12)17-15(10-16)11-18-9-8-14(15,2)3/h4-7,17H,8-9,11H2,1-3H3. The van der Waals surface area contributed by atoms with Crippen molar-refractivity contribution in [1.82, 2.24) is 0 Å². The fourth-order valence-electron chi connectivity index (χ4n) is 2.26. The number of hydrogen-bond donors (Lipinski definition) is 1. The van der Waals surface area contributed by atoms with Crippen LogP contribution in [-0.4, -0.2) is 17.0 Å². The maximum absolute atomic E-state index is 9.67. The van der Waals surface area contributed by atoms with Crippen molar-refractivity contribution >= 4 is 17.4 Å². The molecule has 1 aliphatic heterocycles. The largest absolute Gasteiger partial charge is 0.366 e. The Kier molecular flexibility index (Phi) is 3.59. The van der Waals surface area contributed by atoms with Gasteiger partial charge in [0.15, 0.2) is 0 Å². The Labute approximate surface area is 114 Å². The summed E-state index contributed by atoms with van der Waals surface area (Å²) in [6, 6.07) is 10.8. The highest BCUT2D eigenvalue weighted by atomic mass is 32.2. The Hall–Kier alpha value is -1.14. The maximum Gasteiger partial charge on any atom is 0.139 e. The molecule has 1 N–H and O–H groups in total. The van der Waals surface area contributed by atoms with Crippen LogP contribution in [0.3, 0.4) is 0 Å². The van der Waals surface area contributed by atoms with Crippen LogP contribution in [0.2, 0.25) is 0 Å². The molecular weight excluding hydrogens is 240 g/mol. The molecule has 96 valence electrons. The highest BCUT2D eigenvalue weighted by molar-refractivity contribution is 7.99. The van der Waals surface area contributed by atoms with E-state index in [-0.39, 0.29) is 5.41 Å². The molecule has 1 aromatic carbocycles. The van der Waals surface area contributed by atoms with Crippen molar-refractivity contribution in [2.75, 3.05) is 16.8 Å². The minimum absolute atomic E-state index is 0.00210. The molecule has 0 radical (unpaired) electrons. The third kappa shape index (κ3) is 2.35. The number of rotatable bonds is 2. The number of benzene rings is 1. The number of thioether (sulfide) groups is 1. The molecular formula is C15H20N2S. The molecule has 3 heteroatoms. The van der Waals surface area contributed by atoms with Crippen LogP contribution in [0.1, 0.15) is 25.8 Å². The lowest BCUT2D eigenvalue weighted by Crippen LogP contribution is -2.54. The van der Waals surface area contributed by atoms with Gasteiger partial charge in [-0.2, -0.15) is 17.0 Å². The van der Waals surface area contributed by atoms with Crippen molar-refractivity contribution in [3.63, 3.8) is 0 Å². The third-order valence-corrected chi connectivity index (χ3v) is 5.08. The molecule has 2 rings (SSSR count). The number of anilines is 1. The van der Waals surface area contributed by atoms with Gasteiger partial charge in [0.2, 0.25) is 0 Å². The minimum atomic E-state index is -0.467. The fourth-order valence-corrected chi connectivity index (χ4v) is 3.89. The van der Waals surface area contributed by atoms with Gasteiger partial charge in [0.25, 0.3) is 0 Å². The van der Waals surface area contributed by atoms with Crippen LogP contribution in [0.5, 0.6) is 0 Å². The van der Waals surface area contributed by atoms with Crippen molar-refractivity contribution < 1.29 is 0 Å². The molecule has 0 amide bonds. The highest BCUT2D eigenvalue weighted by Crippen LogP contribution is 2.43. The van der Waals surface area contributed by atoms with E-state index in [9.17, 15) is 5.26 Å². The predicted molar refractivity (Wildman–Crippen MR) is 78.9 cm³/mol. The van der Waals surface area contributed by atoms with E-state index in [4.69, 9.17) is 0 Å². The third-order valence-electron chi connectivity index (χ3n) is 3.95. The van der Waals surface area contributed by atoms with Crippen LogP contribution in [0.4, 0.5) is 5.69 Å². The van der Waals surface area contributed by atoms with E-state index >= 15 is 0 Å². The van der Waals surface area contributed by atoms with Crippen molar-refractivity contribution in [1.29, 1.82) is 5.26 Å². The van der Waals surface area contributed by atoms with Gasteiger partial charge >= 0.3 is 0 Å². The van der Waals surface area contributed by atoms with Gasteiger partial charge in [0.1, 0.15) is 5.54 Å². The molecule has 1 aliphatic rings. The Morgan fingerprint density at radius 1 is 1.28 bits per heavy atom. The lowest BCUT2D eigenvalue weighted by molar-refractivity contribution is 0.248. The average Bonchev–Trinajstić information content (AvgIpc) is 2.34. The number of nitrogens with zero attached hydrogens (tertiary/aromatic N) is 1. The Morgan fingerprint density at radius 3 is 2.50 bits per heavy atom. The first-order chi connectivity index (χ1) is 8.49. The molecule has 0 bridgehead atoms. The van der Waals surface area contributed by atoms with Gasteiger partial charge in [-0.3, -0.25) is 0 Å². The van der Waals surface area contributed by atoms with E-state index in [0.29, 0.717) is 0 Å². The summed E-state index contributed by atoms with van der Waals surface area (Å²) in [6.07, 6.45) is 1.07. The van der Waals surface area contributed by atoms with Gasteiger partial charge in [-0.25, -0.2) is 0 Å². The van der Waals surface area contributed by atoms with Gasteiger partial charge in [-0.1, -0.05) is 31.5 Å². The van der Waals surface area contributed by atoms with Crippen LogP contribution in [0.15, 0.2) is 24.3 Å². The minimum Gasteiger partial charge on any atom is -0.366 e. The van der Waals surface area contributed by atoms with E-state index in [2.05, 4.69) is 56.4 Å². The Morgan fingerprint density at radius 2 is 1.94 bits per heavy atom. The van der Waals surface area contributed by atoms with E-state index < -0.39 is 5.54 Å². The summed E-state index contributed by atoms with van der Waals surface area (Å²) in [5.74, 6) is 2.00. The molecule has 1 heterocycles. The molecule has 1 fully saturated rings. The summed E-state index contributed by atoms with van der Waals surface area (Å²) in [5.41, 5.74) is 1.81. The first-order valence-corrected chi connectivity index (χ1v) is 7.48. The summed E-state index contributed by atoms with van der Waals surface area (Å²) >= 11 is 1.87. The molecule has 0 aromatic heterocycles. The first kappa shape index (κ1) is 13.3. The molecule has 1 saturated heterocycles. The summed E-state index contributed by atoms with van der Waals surface area (Å²) in [6.45, 7) is 6.46. The maximum atomic E-state index is 9.67. The Balaban J connectivity index is 2.28. The topological polar surface area (TPSA) is 35.8 Å². The average molecular weight is 260 g/mol. The first-order valence-electron chi connectivity index (χ1n) is 6.33. The Bertz CT molecular complexity index is 458. The molecule has 1 unspecified atom stereocenters. The molecule has 1 atom stereocenters. The molecule has 18 heavy (non-hydrogen) atoms. The van der Waals surface area contributed by atoms with Gasteiger partial charge < -0.3 is 5.32 Å². The van der Waals surface area contributed by atoms with E-state index in [1.165, 1.54) is 5.56 Å². The zero-order chi connectivity index (χ0) is 13.2. The van der Waals surface area contributed by atoms with Gasteiger partial charge in [0.05, 0.1) is 6.07 Å². The summed E-state index contributed by atoms with van der Waals surface area (Å²) < 4.78 is 0. The number of hydrogen-bond acceptors (Lipinski definition) is 3. The summed E-state index contributed by atoms with van der Waals surface area (Å²) in [7, 11) is 0. The van der Waals surface area contributed by atoms with Gasteiger partial charge in [0, 0.05) is 16.9 Å². The molecule has 0 aliphatic carbocycles. The van der Waals surface area contributed by atoms with Crippen LogP contribution in [0.25, 0.3) is 0 Å². The van der Waals surface area contributed by atoms with Crippen LogP contribution >= 0.6 is 11.8 Å². The van der Waals surface area contributed by atoms with E-state index in [1.54, 1.807) is 0 Å². The quantitative estimate of drug-likeness (QED) is 0.877. The monoisotopic (exact) mass is 260 g/mol. The van der Waals surface area contributed by atoms with E-state index in [0.717, 1.165) is 23.6 Å². The van der Waals surface area contributed by atoms with Crippen molar-refractivity contribution in [3.05, 3.63) is 29.8 Å². The molecule has 0 spiro atoms. The summed E-state index contributed by atoms with van der Waals surface area (Å²) in [5, 5.41) is 13.1. The highest BCUT2D eigenvalue weighted by Gasteiger charge is 2.47. The second kappa shape index (κ2) is 4.85.